The summed E-state index contributed by atoms with van der Waals surface area (Å²) in [5, 5.41) is 0.435. The summed E-state index contributed by atoms with van der Waals surface area (Å²) in [6, 6.07) is 14.6. The summed E-state index contributed by atoms with van der Waals surface area (Å²) < 4.78 is 5.40. The maximum Gasteiger partial charge on any atom is 0.283 e. The Hall–Kier alpha value is -2.44. The zero-order valence-corrected chi connectivity index (χ0v) is 17.6. The molecule has 0 spiro atoms. The summed E-state index contributed by atoms with van der Waals surface area (Å²) in [5.41, 5.74) is 0.846. The minimum Gasteiger partial charge on any atom is -0.495 e. The third-order valence-electron chi connectivity index (χ3n) is 5.04. The van der Waals surface area contributed by atoms with E-state index < -0.39 is 0 Å². The van der Waals surface area contributed by atoms with Gasteiger partial charge >= 0.3 is 0 Å². The monoisotopic (exact) mass is 428 g/mol. The Morgan fingerprint density at radius 3 is 2.38 bits per heavy atom. The second-order valence-electron chi connectivity index (χ2n) is 6.90. The van der Waals surface area contributed by atoms with Crippen LogP contribution in [0.4, 0.5) is 5.69 Å². The summed E-state index contributed by atoms with van der Waals surface area (Å²) in [5.74, 6) is -0.235. The average molecular weight is 429 g/mol. The predicted molar refractivity (Wildman–Crippen MR) is 115 cm³/mol. The number of carbonyl (C=O) groups excluding carboxylic acids is 2. The van der Waals surface area contributed by atoms with Crippen molar-refractivity contribution in [1.82, 2.24) is 4.90 Å². The van der Waals surface area contributed by atoms with Gasteiger partial charge in [0.1, 0.15) is 16.4 Å². The first kappa shape index (κ1) is 19.9. The summed E-state index contributed by atoms with van der Waals surface area (Å²) in [4.78, 5) is 31.5. The second kappa shape index (κ2) is 8.51. The maximum atomic E-state index is 13.5. The molecule has 0 unspecified atom stereocenters. The lowest BCUT2D eigenvalue weighted by molar-refractivity contribution is -0.121. The SMILES string of the molecule is COc1ccc(Cl)cc1N1C(=O)C(Sc2ccccc2)=C(N2CCCCC2)C1=O. The van der Waals surface area contributed by atoms with Crippen LogP contribution in [0.3, 0.4) is 0 Å². The molecule has 150 valence electrons. The average Bonchev–Trinajstić information content (AvgIpc) is 2.99. The Bertz CT molecular complexity index is 971. The van der Waals surface area contributed by atoms with Gasteiger partial charge in [0.15, 0.2) is 0 Å². The molecule has 0 aliphatic carbocycles. The molecule has 0 saturated carbocycles. The van der Waals surface area contributed by atoms with Crippen molar-refractivity contribution >= 4 is 40.9 Å². The standard InChI is InChI=1S/C22H21ClN2O3S/c1-28-18-11-10-15(23)14-17(18)25-21(26)19(24-12-6-3-7-13-24)20(22(25)27)29-16-8-4-2-5-9-16/h2,4-5,8-11,14H,3,6-7,12-13H2,1H3. The van der Waals surface area contributed by atoms with E-state index in [9.17, 15) is 9.59 Å². The number of hydrogen-bond acceptors (Lipinski definition) is 5. The van der Waals surface area contributed by atoms with Gasteiger partial charge < -0.3 is 9.64 Å². The van der Waals surface area contributed by atoms with Crippen LogP contribution in [0.25, 0.3) is 0 Å². The Morgan fingerprint density at radius 1 is 0.966 bits per heavy atom. The molecule has 2 aromatic rings. The highest BCUT2D eigenvalue weighted by molar-refractivity contribution is 8.04. The minimum absolute atomic E-state index is 0.323. The highest BCUT2D eigenvalue weighted by Crippen LogP contribution is 2.42. The number of halogens is 1. The molecule has 5 nitrogen and oxygen atoms in total. The van der Waals surface area contributed by atoms with Crippen LogP contribution in [0.1, 0.15) is 19.3 Å². The molecular formula is C22H21ClN2O3S. The van der Waals surface area contributed by atoms with Gasteiger partial charge in [0.2, 0.25) is 0 Å². The lowest BCUT2D eigenvalue weighted by atomic mass is 10.1. The largest absolute Gasteiger partial charge is 0.495 e. The van der Waals surface area contributed by atoms with Gasteiger partial charge in [-0.15, -0.1) is 0 Å². The summed E-state index contributed by atoms with van der Waals surface area (Å²) in [7, 11) is 1.51. The van der Waals surface area contributed by atoms with Crippen molar-refractivity contribution in [3.63, 3.8) is 0 Å². The van der Waals surface area contributed by atoms with Crippen LogP contribution in [0, 0.1) is 0 Å². The minimum atomic E-state index is -0.343. The highest BCUT2D eigenvalue weighted by Gasteiger charge is 2.43. The molecular weight excluding hydrogens is 408 g/mol. The van der Waals surface area contributed by atoms with Gasteiger partial charge in [0.25, 0.3) is 11.8 Å². The number of anilines is 1. The molecule has 0 N–H and O–H groups in total. The fourth-order valence-electron chi connectivity index (χ4n) is 3.65. The second-order valence-corrected chi connectivity index (χ2v) is 8.42. The first-order chi connectivity index (χ1) is 14.1. The molecule has 2 heterocycles. The molecule has 0 atom stereocenters. The van der Waals surface area contributed by atoms with E-state index in [1.54, 1.807) is 18.2 Å². The number of hydrogen-bond donors (Lipinski definition) is 0. The Labute approximate surface area is 179 Å². The van der Waals surface area contributed by atoms with Crippen LogP contribution in [-0.4, -0.2) is 36.9 Å². The number of ether oxygens (including phenoxy) is 1. The maximum absolute atomic E-state index is 13.5. The number of amides is 2. The molecule has 29 heavy (non-hydrogen) atoms. The lowest BCUT2D eigenvalue weighted by Gasteiger charge is -2.29. The van der Waals surface area contributed by atoms with Crippen molar-refractivity contribution in [2.45, 2.75) is 24.2 Å². The van der Waals surface area contributed by atoms with E-state index in [1.165, 1.54) is 23.8 Å². The lowest BCUT2D eigenvalue weighted by Crippen LogP contribution is -2.37. The topological polar surface area (TPSA) is 49.9 Å². The predicted octanol–water partition coefficient (Wildman–Crippen LogP) is 4.71. The van der Waals surface area contributed by atoms with Gasteiger partial charge in [0, 0.05) is 23.0 Å². The molecule has 4 rings (SSSR count). The van der Waals surface area contributed by atoms with Crippen molar-refractivity contribution in [1.29, 1.82) is 0 Å². The van der Waals surface area contributed by atoms with Crippen LogP contribution in [0.5, 0.6) is 5.75 Å². The number of carbonyl (C=O) groups is 2. The number of thioether (sulfide) groups is 1. The summed E-state index contributed by atoms with van der Waals surface area (Å²) in [6.45, 7) is 1.54. The zero-order chi connectivity index (χ0) is 20.4. The molecule has 2 aromatic carbocycles. The Morgan fingerprint density at radius 2 is 1.69 bits per heavy atom. The van der Waals surface area contributed by atoms with E-state index in [2.05, 4.69) is 0 Å². The number of methoxy groups -OCH3 is 1. The number of piperidine rings is 1. The highest BCUT2D eigenvalue weighted by atomic mass is 35.5. The van der Waals surface area contributed by atoms with E-state index in [0.29, 0.717) is 27.1 Å². The summed E-state index contributed by atoms with van der Waals surface area (Å²) in [6.07, 6.45) is 3.16. The Balaban J connectivity index is 1.78. The molecule has 0 aromatic heterocycles. The van der Waals surface area contributed by atoms with Crippen LogP contribution in [-0.2, 0) is 9.59 Å². The molecule has 2 aliphatic heterocycles. The fraction of sp³-hybridized carbons (Fsp3) is 0.273. The first-order valence-electron chi connectivity index (χ1n) is 9.54. The van der Waals surface area contributed by atoms with Gasteiger partial charge in [0.05, 0.1) is 12.8 Å². The van der Waals surface area contributed by atoms with Crippen LogP contribution in [0.2, 0.25) is 5.02 Å². The quantitative estimate of drug-likeness (QED) is 0.645. The Kier molecular flexibility index (Phi) is 5.83. The fourth-order valence-corrected chi connectivity index (χ4v) is 4.84. The van der Waals surface area contributed by atoms with E-state index in [4.69, 9.17) is 16.3 Å². The number of imide groups is 1. The number of likely N-dealkylation sites (tertiary alicyclic amines) is 1. The van der Waals surface area contributed by atoms with Gasteiger partial charge in [-0.1, -0.05) is 41.6 Å². The van der Waals surface area contributed by atoms with Crippen molar-refractivity contribution < 1.29 is 14.3 Å². The molecule has 7 heteroatoms. The molecule has 0 radical (unpaired) electrons. The van der Waals surface area contributed by atoms with E-state index in [1.807, 2.05) is 35.2 Å². The molecule has 1 saturated heterocycles. The third kappa shape index (κ3) is 3.87. The van der Waals surface area contributed by atoms with Crippen LogP contribution >= 0.6 is 23.4 Å². The normalized spacial score (nSPS) is 17.3. The zero-order valence-electron chi connectivity index (χ0n) is 16.1. The van der Waals surface area contributed by atoms with Crippen LogP contribution in [0.15, 0.2) is 64.0 Å². The van der Waals surface area contributed by atoms with E-state index in [0.717, 1.165) is 37.2 Å². The smallest absolute Gasteiger partial charge is 0.283 e. The van der Waals surface area contributed by atoms with Gasteiger partial charge in [-0.2, -0.15) is 0 Å². The van der Waals surface area contributed by atoms with Gasteiger partial charge in [-0.25, -0.2) is 4.90 Å². The first-order valence-corrected chi connectivity index (χ1v) is 10.7. The van der Waals surface area contributed by atoms with E-state index >= 15 is 0 Å². The number of rotatable bonds is 5. The van der Waals surface area contributed by atoms with Crippen molar-refractivity contribution in [2.24, 2.45) is 0 Å². The van der Waals surface area contributed by atoms with Crippen LogP contribution < -0.4 is 9.64 Å². The third-order valence-corrected chi connectivity index (χ3v) is 6.35. The summed E-state index contributed by atoms with van der Waals surface area (Å²) >= 11 is 7.50. The molecule has 2 amide bonds. The molecule has 0 bridgehead atoms. The number of nitrogens with zero attached hydrogens (tertiary/aromatic N) is 2. The van der Waals surface area contributed by atoms with Crippen molar-refractivity contribution in [3.05, 3.63) is 64.2 Å². The van der Waals surface area contributed by atoms with E-state index in [-0.39, 0.29) is 11.8 Å². The van der Waals surface area contributed by atoms with Gasteiger partial charge in [-0.05, 0) is 49.6 Å². The number of benzene rings is 2. The van der Waals surface area contributed by atoms with Gasteiger partial charge in [-0.3, -0.25) is 9.59 Å². The van der Waals surface area contributed by atoms with Crippen molar-refractivity contribution in [2.75, 3.05) is 25.1 Å². The molecule has 1 fully saturated rings. The molecule has 2 aliphatic rings. The van der Waals surface area contributed by atoms with Crippen molar-refractivity contribution in [3.8, 4) is 5.75 Å².